The maximum absolute atomic E-state index is 13.5. The van der Waals surface area contributed by atoms with Gasteiger partial charge in [-0.1, -0.05) is 36.5 Å². The number of nitro benzene ring substituents is 1. The van der Waals surface area contributed by atoms with E-state index >= 15 is 0 Å². The molecule has 1 aromatic carbocycles. The van der Waals surface area contributed by atoms with Crippen LogP contribution in [0.3, 0.4) is 0 Å². The summed E-state index contributed by atoms with van der Waals surface area (Å²) >= 11 is 11.5. The van der Waals surface area contributed by atoms with Crippen molar-refractivity contribution in [3.63, 3.8) is 0 Å². The van der Waals surface area contributed by atoms with Gasteiger partial charge in [0.1, 0.15) is 18.0 Å². The van der Waals surface area contributed by atoms with Crippen LogP contribution in [0.4, 0.5) is 32.0 Å². The van der Waals surface area contributed by atoms with Gasteiger partial charge in [0.05, 0.1) is 4.92 Å². The predicted molar refractivity (Wildman–Crippen MR) is 108 cm³/mol. The zero-order valence-electron chi connectivity index (χ0n) is 16.1. The highest BCUT2D eigenvalue weighted by molar-refractivity contribution is 6.27. The van der Waals surface area contributed by atoms with Crippen LogP contribution >= 0.6 is 23.2 Å². The van der Waals surface area contributed by atoms with Gasteiger partial charge in [-0.3, -0.25) is 10.1 Å². The van der Waals surface area contributed by atoms with Crippen molar-refractivity contribution in [3.8, 4) is 11.5 Å². The zero-order chi connectivity index (χ0) is 24.7. The Balaban J connectivity index is 1.96. The number of ether oxygens (including phenoxy) is 2. The third kappa shape index (κ3) is 4.70. The summed E-state index contributed by atoms with van der Waals surface area (Å²) < 4.78 is 91.6. The molecule has 0 aromatic heterocycles. The van der Waals surface area contributed by atoms with Crippen molar-refractivity contribution in [1.29, 1.82) is 0 Å². The lowest BCUT2D eigenvalue weighted by molar-refractivity contribution is -0.386. The molecule has 13 heteroatoms. The number of benzene rings is 1. The highest BCUT2D eigenvalue weighted by atomic mass is 35.5. The van der Waals surface area contributed by atoms with Crippen LogP contribution < -0.4 is 9.47 Å². The maximum atomic E-state index is 13.5. The van der Waals surface area contributed by atoms with E-state index in [1.165, 1.54) is 12.2 Å². The van der Waals surface area contributed by atoms with E-state index in [9.17, 15) is 36.5 Å². The minimum Gasteiger partial charge on any atom is -0.484 e. The SMILES string of the molecule is O=[N+]([O-])c1ccc(OC2C=CC=CC2(Cl)C(F)(F)F)cc1OC1C=CC=CC1(Cl)C(F)(F)F. The van der Waals surface area contributed by atoms with Crippen LogP contribution in [-0.2, 0) is 0 Å². The summed E-state index contributed by atoms with van der Waals surface area (Å²) in [6, 6.07) is 2.60. The number of rotatable bonds is 5. The van der Waals surface area contributed by atoms with Gasteiger partial charge < -0.3 is 9.47 Å². The molecule has 0 amide bonds. The summed E-state index contributed by atoms with van der Waals surface area (Å²) in [5.74, 6) is -1.06. The summed E-state index contributed by atoms with van der Waals surface area (Å²) in [5.41, 5.74) is -0.751. The van der Waals surface area contributed by atoms with Crippen LogP contribution in [0.2, 0.25) is 0 Å². The second-order valence-electron chi connectivity index (χ2n) is 6.98. The summed E-state index contributed by atoms with van der Waals surface area (Å²) in [6.45, 7) is 0. The number of halogens is 8. The third-order valence-electron chi connectivity index (χ3n) is 4.81. The highest BCUT2D eigenvalue weighted by Crippen LogP contribution is 2.46. The molecule has 0 radical (unpaired) electrons. The molecule has 4 atom stereocenters. The van der Waals surface area contributed by atoms with E-state index in [4.69, 9.17) is 32.7 Å². The van der Waals surface area contributed by atoms with Gasteiger partial charge in [0, 0.05) is 12.1 Å². The molecule has 0 saturated heterocycles. The van der Waals surface area contributed by atoms with Gasteiger partial charge in [0.15, 0.2) is 9.75 Å². The highest BCUT2D eigenvalue weighted by Gasteiger charge is 2.59. The molecule has 0 saturated carbocycles. The monoisotopic (exact) mass is 515 g/mol. The van der Waals surface area contributed by atoms with Crippen molar-refractivity contribution in [2.75, 3.05) is 0 Å². The fourth-order valence-electron chi connectivity index (χ4n) is 3.05. The van der Waals surface area contributed by atoms with Crippen LogP contribution in [0, 0.1) is 10.1 Å². The molecule has 5 nitrogen and oxygen atoms in total. The van der Waals surface area contributed by atoms with Crippen molar-refractivity contribution in [2.45, 2.75) is 34.3 Å². The first-order chi connectivity index (χ1) is 15.2. The van der Waals surface area contributed by atoms with Gasteiger partial charge in [-0.2, -0.15) is 26.3 Å². The van der Waals surface area contributed by atoms with Gasteiger partial charge >= 0.3 is 18.0 Å². The average molecular weight is 516 g/mol. The molecule has 0 fully saturated rings. The second kappa shape index (κ2) is 8.60. The molecule has 0 spiro atoms. The zero-order valence-corrected chi connectivity index (χ0v) is 17.6. The molecule has 0 bridgehead atoms. The first-order valence-electron chi connectivity index (χ1n) is 9.04. The lowest BCUT2D eigenvalue weighted by atomic mass is 9.95. The normalized spacial score (nSPS) is 29.2. The largest absolute Gasteiger partial charge is 0.484 e. The van der Waals surface area contributed by atoms with E-state index in [0.29, 0.717) is 12.2 Å². The van der Waals surface area contributed by atoms with E-state index < -0.39 is 50.7 Å². The Kier molecular flexibility index (Phi) is 6.51. The second-order valence-corrected chi connectivity index (χ2v) is 8.23. The lowest BCUT2D eigenvalue weighted by Crippen LogP contribution is -2.51. The molecule has 0 N–H and O–H groups in total. The van der Waals surface area contributed by atoms with E-state index in [0.717, 1.165) is 42.5 Å². The van der Waals surface area contributed by atoms with E-state index in [1.807, 2.05) is 0 Å². The smallest absolute Gasteiger partial charge is 0.415 e. The van der Waals surface area contributed by atoms with Crippen LogP contribution in [-0.4, -0.2) is 39.2 Å². The van der Waals surface area contributed by atoms with Crippen molar-refractivity contribution in [1.82, 2.24) is 0 Å². The summed E-state index contributed by atoms with van der Waals surface area (Å²) in [6.07, 6.45) is -5.79. The standard InChI is InChI=1S/C20H13Cl2F6NO4/c21-17(19(23,24)25)9-3-1-5-15(17)32-12-7-8-13(29(30)31)14(11-12)33-16-6-2-4-10-18(16,22)20(26,27)28/h1-11,15-16H. The Hall–Kier alpha value is -2.66. The Labute approximate surface area is 192 Å². The predicted octanol–water partition coefficient (Wildman–Crippen LogP) is 6.42. The van der Waals surface area contributed by atoms with E-state index in [-0.39, 0.29) is 5.75 Å². The number of nitrogens with zero attached hydrogens (tertiary/aromatic N) is 1. The van der Waals surface area contributed by atoms with E-state index in [2.05, 4.69) is 0 Å². The van der Waals surface area contributed by atoms with Gasteiger partial charge in [-0.05, 0) is 18.2 Å². The minimum absolute atomic E-state index is 0.364. The Morgan fingerprint density at radius 1 is 0.848 bits per heavy atom. The first-order valence-corrected chi connectivity index (χ1v) is 9.80. The fraction of sp³-hybridized carbons (Fsp3) is 0.300. The van der Waals surface area contributed by atoms with Gasteiger partial charge in [0.2, 0.25) is 5.75 Å². The molecular weight excluding hydrogens is 503 g/mol. The lowest BCUT2D eigenvalue weighted by Gasteiger charge is -2.35. The number of alkyl halides is 8. The molecule has 3 rings (SSSR count). The molecule has 178 valence electrons. The average Bonchev–Trinajstić information content (AvgIpc) is 2.70. The Bertz CT molecular complexity index is 1050. The summed E-state index contributed by atoms with van der Waals surface area (Å²) in [5, 5.41) is 11.4. The van der Waals surface area contributed by atoms with Crippen LogP contribution in [0.15, 0.2) is 66.8 Å². The van der Waals surface area contributed by atoms with Crippen molar-refractivity contribution >= 4 is 28.9 Å². The minimum atomic E-state index is -4.99. The summed E-state index contributed by atoms with van der Waals surface area (Å²) in [7, 11) is 0. The molecule has 2 aliphatic carbocycles. The first kappa shape index (κ1) is 25.0. The number of allylic oxidation sites excluding steroid dienone is 4. The van der Waals surface area contributed by atoms with Gasteiger partial charge in [-0.25, -0.2) is 0 Å². The Morgan fingerprint density at radius 3 is 1.79 bits per heavy atom. The van der Waals surface area contributed by atoms with E-state index in [1.54, 1.807) is 0 Å². The van der Waals surface area contributed by atoms with Crippen molar-refractivity contribution in [2.24, 2.45) is 0 Å². The molecule has 2 aliphatic rings. The Morgan fingerprint density at radius 2 is 1.33 bits per heavy atom. The molecule has 4 unspecified atom stereocenters. The quantitative estimate of drug-likeness (QED) is 0.196. The summed E-state index contributed by atoms with van der Waals surface area (Å²) in [4.78, 5) is 4.45. The maximum Gasteiger partial charge on any atom is 0.415 e. The topological polar surface area (TPSA) is 61.6 Å². The van der Waals surface area contributed by atoms with Crippen LogP contribution in [0.1, 0.15) is 0 Å². The molecule has 33 heavy (non-hydrogen) atoms. The van der Waals surface area contributed by atoms with Crippen LogP contribution in [0.5, 0.6) is 11.5 Å². The molecule has 0 heterocycles. The molecular formula is C20H13Cl2F6NO4. The van der Waals surface area contributed by atoms with Crippen molar-refractivity contribution < 1.29 is 40.7 Å². The third-order valence-corrected chi connectivity index (χ3v) is 5.92. The van der Waals surface area contributed by atoms with Gasteiger partial charge in [-0.15, -0.1) is 23.2 Å². The fourth-order valence-corrected chi connectivity index (χ4v) is 3.43. The number of nitro groups is 1. The molecule has 1 aromatic rings. The van der Waals surface area contributed by atoms with Crippen LogP contribution in [0.25, 0.3) is 0 Å². The van der Waals surface area contributed by atoms with Crippen molar-refractivity contribution in [3.05, 3.63) is 76.9 Å². The van der Waals surface area contributed by atoms with Gasteiger partial charge in [0.25, 0.3) is 0 Å². The number of hydrogen-bond acceptors (Lipinski definition) is 4. The number of hydrogen-bond donors (Lipinski definition) is 0. The molecule has 0 aliphatic heterocycles.